The standard InChI is InChI=1S/C13H13ClN2O/c14-7-6-10-8-12(15-9-10)16-13(17)11-4-2-1-3-5-11/h1-5,8-9,15H,6-7H2,(H,16,17). The maximum atomic E-state index is 11.8. The fourth-order valence-electron chi connectivity index (χ4n) is 1.55. The third kappa shape index (κ3) is 3.11. The van der Waals surface area contributed by atoms with Crippen LogP contribution in [0.15, 0.2) is 42.6 Å². The minimum Gasteiger partial charge on any atom is -0.348 e. The predicted molar refractivity (Wildman–Crippen MR) is 69.6 cm³/mol. The highest BCUT2D eigenvalue weighted by atomic mass is 35.5. The number of aryl methyl sites for hydroxylation is 1. The highest BCUT2D eigenvalue weighted by molar-refractivity contribution is 6.18. The number of alkyl halides is 1. The highest BCUT2D eigenvalue weighted by Gasteiger charge is 2.06. The first-order valence-corrected chi connectivity index (χ1v) is 5.92. The van der Waals surface area contributed by atoms with Gasteiger partial charge in [0.25, 0.3) is 5.91 Å². The van der Waals surface area contributed by atoms with Crippen molar-refractivity contribution in [3.8, 4) is 0 Å². The number of hydrogen-bond acceptors (Lipinski definition) is 1. The van der Waals surface area contributed by atoms with Crippen LogP contribution in [0.5, 0.6) is 0 Å². The zero-order valence-corrected chi connectivity index (χ0v) is 10.00. The van der Waals surface area contributed by atoms with E-state index in [0.29, 0.717) is 17.3 Å². The summed E-state index contributed by atoms with van der Waals surface area (Å²) in [6.45, 7) is 0. The van der Waals surface area contributed by atoms with Crippen LogP contribution in [0.25, 0.3) is 0 Å². The Kier molecular flexibility index (Phi) is 3.83. The molecule has 2 rings (SSSR count). The van der Waals surface area contributed by atoms with Crippen LogP contribution in [-0.4, -0.2) is 16.8 Å². The van der Waals surface area contributed by atoms with Crippen LogP contribution in [0, 0.1) is 0 Å². The topological polar surface area (TPSA) is 44.9 Å². The van der Waals surface area contributed by atoms with Gasteiger partial charge in [-0.25, -0.2) is 0 Å². The zero-order chi connectivity index (χ0) is 12.1. The van der Waals surface area contributed by atoms with Crippen LogP contribution < -0.4 is 5.32 Å². The van der Waals surface area contributed by atoms with Crippen molar-refractivity contribution in [1.82, 2.24) is 4.98 Å². The van der Waals surface area contributed by atoms with E-state index in [9.17, 15) is 4.79 Å². The number of aromatic amines is 1. The quantitative estimate of drug-likeness (QED) is 0.803. The number of aromatic nitrogens is 1. The second-order valence-electron chi connectivity index (χ2n) is 3.68. The number of nitrogens with one attached hydrogen (secondary N) is 2. The lowest BCUT2D eigenvalue weighted by Gasteiger charge is -2.01. The molecular weight excluding hydrogens is 236 g/mol. The molecule has 2 N–H and O–H groups in total. The Labute approximate surface area is 105 Å². The lowest BCUT2D eigenvalue weighted by molar-refractivity contribution is 0.102. The summed E-state index contributed by atoms with van der Waals surface area (Å²) in [6.07, 6.45) is 2.64. The first-order chi connectivity index (χ1) is 8.29. The van der Waals surface area contributed by atoms with Gasteiger partial charge in [-0.2, -0.15) is 0 Å². The number of carbonyl (C=O) groups is 1. The van der Waals surface area contributed by atoms with Gasteiger partial charge in [0.05, 0.1) is 0 Å². The van der Waals surface area contributed by atoms with E-state index in [1.54, 1.807) is 12.1 Å². The number of anilines is 1. The van der Waals surface area contributed by atoms with Crippen molar-refractivity contribution in [2.24, 2.45) is 0 Å². The highest BCUT2D eigenvalue weighted by Crippen LogP contribution is 2.11. The van der Waals surface area contributed by atoms with E-state index in [2.05, 4.69) is 10.3 Å². The molecular formula is C13H13ClN2O. The van der Waals surface area contributed by atoms with Crippen molar-refractivity contribution in [2.45, 2.75) is 6.42 Å². The zero-order valence-electron chi connectivity index (χ0n) is 9.24. The summed E-state index contributed by atoms with van der Waals surface area (Å²) in [5, 5.41) is 2.80. The summed E-state index contributed by atoms with van der Waals surface area (Å²) in [4.78, 5) is 14.8. The molecule has 0 aliphatic carbocycles. The molecule has 0 unspecified atom stereocenters. The summed E-state index contributed by atoms with van der Waals surface area (Å²) in [5.41, 5.74) is 1.73. The fraction of sp³-hybridized carbons (Fsp3) is 0.154. The number of rotatable bonds is 4. The van der Waals surface area contributed by atoms with Crippen LogP contribution in [-0.2, 0) is 6.42 Å². The van der Waals surface area contributed by atoms with E-state index in [1.807, 2.05) is 30.5 Å². The third-order valence-corrected chi connectivity index (χ3v) is 2.60. The summed E-state index contributed by atoms with van der Waals surface area (Å²) >= 11 is 5.65. The number of amides is 1. The largest absolute Gasteiger partial charge is 0.348 e. The summed E-state index contributed by atoms with van der Waals surface area (Å²) in [7, 11) is 0. The fourth-order valence-corrected chi connectivity index (χ4v) is 1.77. The van der Waals surface area contributed by atoms with Crippen LogP contribution in [0.2, 0.25) is 0 Å². The molecule has 0 bridgehead atoms. The third-order valence-electron chi connectivity index (χ3n) is 2.41. The van der Waals surface area contributed by atoms with Crippen molar-refractivity contribution in [3.63, 3.8) is 0 Å². The molecule has 0 aliphatic rings. The van der Waals surface area contributed by atoms with Crippen molar-refractivity contribution < 1.29 is 4.79 Å². The number of halogens is 1. The molecule has 3 nitrogen and oxygen atoms in total. The Bertz CT molecular complexity index is 493. The van der Waals surface area contributed by atoms with Gasteiger partial charge in [-0.05, 0) is 30.2 Å². The first-order valence-electron chi connectivity index (χ1n) is 5.39. The molecule has 0 aliphatic heterocycles. The summed E-state index contributed by atoms with van der Waals surface area (Å²) < 4.78 is 0. The van der Waals surface area contributed by atoms with Gasteiger partial charge in [0.1, 0.15) is 5.82 Å². The van der Waals surface area contributed by atoms with Crippen molar-refractivity contribution in [2.75, 3.05) is 11.2 Å². The van der Waals surface area contributed by atoms with Gasteiger partial charge < -0.3 is 10.3 Å². The molecule has 88 valence electrons. The van der Waals surface area contributed by atoms with Gasteiger partial charge in [-0.15, -0.1) is 11.6 Å². The average Bonchev–Trinajstić information content (AvgIpc) is 2.78. The molecule has 1 heterocycles. The van der Waals surface area contributed by atoms with Gasteiger partial charge in [-0.3, -0.25) is 4.79 Å². The van der Waals surface area contributed by atoms with Crippen LogP contribution in [0.4, 0.5) is 5.82 Å². The number of H-pyrrole nitrogens is 1. The molecule has 17 heavy (non-hydrogen) atoms. The summed E-state index contributed by atoms with van der Waals surface area (Å²) in [6, 6.07) is 11.0. The molecule has 0 radical (unpaired) electrons. The lowest BCUT2D eigenvalue weighted by Crippen LogP contribution is -2.11. The van der Waals surface area contributed by atoms with Crippen molar-refractivity contribution in [1.29, 1.82) is 0 Å². The van der Waals surface area contributed by atoms with Crippen molar-refractivity contribution in [3.05, 3.63) is 53.7 Å². The Morgan fingerprint density at radius 2 is 2.06 bits per heavy atom. The van der Waals surface area contributed by atoms with Gasteiger partial charge in [-0.1, -0.05) is 18.2 Å². The van der Waals surface area contributed by atoms with Crippen LogP contribution in [0.3, 0.4) is 0 Å². The van der Waals surface area contributed by atoms with E-state index in [-0.39, 0.29) is 5.91 Å². The van der Waals surface area contributed by atoms with E-state index >= 15 is 0 Å². The van der Waals surface area contributed by atoms with E-state index in [1.165, 1.54) is 0 Å². The molecule has 1 amide bonds. The maximum Gasteiger partial charge on any atom is 0.256 e. The van der Waals surface area contributed by atoms with Gasteiger partial charge in [0.15, 0.2) is 0 Å². The Hall–Kier alpha value is -1.74. The second-order valence-corrected chi connectivity index (χ2v) is 4.06. The van der Waals surface area contributed by atoms with E-state index < -0.39 is 0 Å². The molecule has 1 aromatic carbocycles. The van der Waals surface area contributed by atoms with Gasteiger partial charge in [0, 0.05) is 17.6 Å². The van der Waals surface area contributed by atoms with Crippen LogP contribution >= 0.6 is 11.6 Å². The Balaban J connectivity index is 2.03. The van der Waals surface area contributed by atoms with E-state index in [0.717, 1.165) is 12.0 Å². The SMILES string of the molecule is O=C(Nc1cc(CCCl)c[nH]1)c1ccccc1. The monoisotopic (exact) mass is 248 g/mol. The molecule has 1 aromatic heterocycles. The molecule has 2 aromatic rings. The van der Waals surface area contributed by atoms with Crippen LogP contribution in [0.1, 0.15) is 15.9 Å². The Morgan fingerprint density at radius 1 is 1.29 bits per heavy atom. The summed E-state index contributed by atoms with van der Waals surface area (Å²) in [5.74, 6) is 1.15. The Morgan fingerprint density at radius 3 is 2.76 bits per heavy atom. The van der Waals surface area contributed by atoms with Gasteiger partial charge >= 0.3 is 0 Å². The molecule has 4 heteroatoms. The number of hydrogen-bond donors (Lipinski definition) is 2. The average molecular weight is 249 g/mol. The molecule has 0 saturated carbocycles. The minimum absolute atomic E-state index is 0.120. The van der Waals surface area contributed by atoms with Gasteiger partial charge in [0.2, 0.25) is 0 Å². The smallest absolute Gasteiger partial charge is 0.256 e. The predicted octanol–water partition coefficient (Wildman–Crippen LogP) is 3.05. The first kappa shape index (κ1) is 11.7. The van der Waals surface area contributed by atoms with Crippen molar-refractivity contribution >= 4 is 23.3 Å². The minimum atomic E-state index is -0.120. The molecule has 0 saturated heterocycles. The second kappa shape index (κ2) is 5.55. The number of carbonyl (C=O) groups excluding carboxylic acids is 1. The normalized spacial score (nSPS) is 10.2. The maximum absolute atomic E-state index is 11.8. The molecule has 0 atom stereocenters. The van der Waals surface area contributed by atoms with E-state index in [4.69, 9.17) is 11.6 Å². The molecule has 0 fully saturated rings. The molecule has 0 spiro atoms. The number of benzene rings is 1. The lowest BCUT2D eigenvalue weighted by atomic mass is 10.2.